The fourth-order valence-corrected chi connectivity index (χ4v) is 1.37. The predicted molar refractivity (Wildman–Crippen MR) is 44.5 cm³/mol. The van der Waals surface area contributed by atoms with Gasteiger partial charge < -0.3 is 0 Å². The van der Waals surface area contributed by atoms with Crippen molar-refractivity contribution in [1.82, 2.24) is 0 Å². The molecule has 0 radical (unpaired) electrons. The Bertz CT molecular complexity index is 134. The van der Waals surface area contributed by atoms with Gasteiger partial charge in [-0.05, 0) is 20.3 Å². The van der Waals surface area contributed by atoms with Crippen LogP contribution in [-0.4, -0.2) is 10.5 Å². The highest BCUT2D eigenvalue weighted by atomic mass is 31.1. The molecule has 11 heavy (non-hydrogen) atoms. The van der Waals surface area contributed by atoms with Crippen molar-refractivity contribution in [3.05, 3.63) is 0 Å². The first-order valence-electron chi connectivity index (χ1n) is 3.83. The first-order valence-corrected chi connectivity index (χ1v) is 4.96. The lowest BCUT2D eigenvalue weighted by Gasteiger charge is -2.15. The lowest BCUT2D eigenvalue weighted by atomic mass is 10.0. The van der Waals surface area contributed by atoms with Gasteiger partial charge in [-0.15, -0.1) is 9.42 Å². The van der Waals surface area contributed by atoms with Crippen LogP contribution in [0.4, 0.5) is 0 Å². The molecule has 66 valence electrons. The zero-order valence-electron chi connectivity index (χ0n) is 7.33. The fraction of sp³-hybridized carbons (Fsp3) is 1.00. The predicted octanol–water partition coefficient (Wildman–Crippen LogP) is 2.62. The van der Waals surface area contributed by atoms with Crippen LogP contribution < -0.4 is 0 Å². The molecule has 0 fully saturated rings. The fourth-order valence-electron chi connectivity index (χ4n) is 0.860. The second-order valence-corrected chi connectivity index (χ2v) is 3.85. The van der Waals surface area contributed by atoms with Crippen molar-refractivity contribution in [3.8, 4) is 0 Å². The van der Waals surface area contributed by atoms with E-state index in [1.54, 1.807) is 0 Å². The van der Waals surface area contributed by atoms with Crippen LogP contribution in [0.5, 0.6) is 0 Å². The molecule has 0 aliphatic rings. The first-order chi connectivity index (χ1) is 4.98. The minimum absolute atomic E-state index is 0.460. The maximum atomic E-state index is 10.3. The molecule has 1 unspecified atom stereocenters. The van der Waals surface area contributed by atoms with Gasteiger partial charge >= 0.3 is 8.25 Å². The van der Waals surface area contributed by atoms with E-state index >= 15 is 0 Å². The largest absolute Gasteiger partial charge is 0.695 e. The molecule has 0 saturated heterocycles. The lowest BCUT2D eigenvalue weighted by Crippen LogP contribution is -2.20. The second kappa shape index (κ2) is 4.81. The third kappa shape index (κ3) is 6.42. The molecule has 1 atom stereocenters. The molecular formula is C7H16O3P+. The Kier molecular flexibility index (Phi) is 4.82. The molecule has 0 bridgehead atoms. The van der Waals surface area contributed by atoms with E-state index in [-0.39, 0.29) is 0 Å². The lowest BCUT2D eigenvalue weighted by molar-refractivity contribution is 0.0916. The summed E-state index contributed by atoms with van der Waals surface area (Å²) in [7, 11) is -2.46. The van der Waals surface area contributed by atoms with Gasteiger partial charge in [0.05, 0.1) is 0 Å². The quantitative estimate of drug-likeness (QED) is 0.660. The van der Waals surface area contributed by atoms with Gasteiger partial charge in [0, 0.05) is 4.57 Å². The Morgan fingerprint density at radius 2 is 2.09 bits per heavy atom. The SMILES string of the molecule is CCCCC(C)(C)O[P+](=O)O. The van der Waals surface area contributed by atoms with Crippen LogP contribution in [0.15, 0.2) is 0 Å². The average molecular weight is 179 g/mol. The molecule has 4 heteroatoms. The summed E-state index contributed by atoms with van der Waals surface area (Å²) in [6, 6.07) is 0. The van der Waals surface area contributed by atoms with E-state index < -0.39 is 13.9 Å². The molecular weight excluding hydrogens is 163 g/mol. The first kappa shape index (κ1) is 11.0. The minimum atomic E-state index is -2.46. The standard InChI is InChI=1S/C7H15O3P/c1-4-5-6-7(2,3)10-11(8)9/h4-6H2,1-3H3/p+1. The summed E-state index contributed by atoms with van der Waals surface area (Å²) >= 11 is 0. The van der Waals surface area contributed by atoms with E-state index in [1.165, 1.54) is 0 Å². The molecule has 0 rings (SSSR count). The molecule has 1 N–H and O–H groups in total. The van der Waals surface area contributed by atoms with Crippen LogP contribution in [0.1, 0.15) is 40.0 Å². The van der Waals surface area contributed by atoms with Gasteiger partial charge in [0.25, 0.3) is 0 Å². The van der Waals surface area contributed by atoms with E-state index in [1.807, 2.05) is 13.8 Å². The average Bonchev–Trinajstić information content (AvgIpc) is 1.81. The second-order valence-electron chi connectivity index (χ2n) is 3.19. The van der Waals surface area contributed by atoms with Gasteiger partial charge in [0.1, 0.15) is 5.60 Å². The highest BCUT2D eigenvalue weighted by molar-refractivity contribution is 7.32. The van der Waals surface area contributed by atoms with Crippen molar-refractivity contribution in [3.63, 3.8) is 0 Å². The topological polar surface area (TPSA) is 46.5 Å². The van der Waals surface area contributed by atoms with E-state index in [4.69, 9.17) is 9.42 Å². The van der Waals surface area contributed by atoms with Gasteiger partial charge in [-0.3, -0.25) is 0 Å². The summed E-state index contributed by atoms with van der Waals surface area (Å²) in [6.07, 6.45) is 2.93. The molecule has 0 aliphatic carbocycles. The van der Waals surface area contributed by atoms with E-state index in [0.29, 0.717) is 0 Å². The third-order valence-electron chi connectivity index (χ3n) is 1.46. The van der Waals surface area contributed by atoms with E-state index in [2.05, 4.69) is 6.92 Å². The van der Waals surface area contributed by atoms with Crippen LogP contribution in [-0.2, 0) is 9.09 Å². The molecule has 0 spiro atoms. The smallest absolute Gasteiger partial charge is 0.133 e. The maximum Gasteiger partial charge on any atom is 0.695 e. The zero-order valence-corrected chi connectivity index (χ0v) is 8.23. The highest BCUT2D eigenvalue weighted by Gasteiger charge is 2.29. The third-order valence-corrected chi connectivity index (χ3v) is 2.11. The summed E-state index contributed by atoms with van der Waals surface area (Å²) < 4.78 is 15.1. The summed E-state index contributed by atoms with van der Waals surface area (Å²) in [4.78, 5) is 8.47. The van der Waals surface area contributed by atoms with E-state index in [9.17, 15) is 4.57 Å². The molecule has 0 aliphatic heterocycles. The number of hydrogen-bond donors (Lipinski definition) is 1. The van der Waals surface area contributed by atoms with Gasteiger partial charge in [0.2, 0.25) is 0 Å². The van der Waals surface area contributed by atoms with Crippen LogP contribution in [0, 0.1) is 0 Å². The van der Waals surface area contributed by atoms with Crippen LogP contribution >= 0.6 is 8.25 Å². The zero-order chi connectivity index (χ0) is 8.91. The highest BCUT2D eigenvalue weighted by Crippen LogP contribution is 2.29. The van der Waals surface area contributed by atoms with E-state index in [0.717, 1.165) is 19.3 Å². The Morgan fingerprint density at radius 1 is 1.55 bits per heavy atom. The molecule has 3 nitrogen and oxygen atoms in total. The Labute approximate surface area is 68.7 Å². The van der Waals surface area contributed by atoms with Gasteiger partial charge in [-0.2, -0.15) is 0 Å². The van der Waals surface area contributed by atoms with Crippen molar-refractivity contribution in [2.75, 3.05) is 0 Å². The Hall–Kier alpha value is 0.0200. The van der Waals surface area contributed by atoms with Crippen LogP contribution in [0.2, 0.25) is 0 Å². The molecule has 0 aromatic heterocycles. The van der Waals surface area contributed by atoms with Gasteiger partial charge in [-0.1, -0.05) is 19.8 Å². The summed E-state index contributed by atoms with van der Waals surface area (Å²) in [5.74, 6) is 0. The van der Waals surface area contributed by atoms with Crippen LogP contribution in [0.25, 0.3) is 0 Å². The molecule has 0 heterocycles. The number of unbranched alkanes of at least 4 members (excludes halogenated alkanes) is 1. The van der Waals surface area contributed by atoms with Crippen molar-refractivity contribution in [1.29, 1.82) is 0 Å². The van der Waals surface area contributed by atoms with Crippen LogP contribution in [0.3, 0.4) is 0 Å². The van der Waals surface area contributed by atoms with Crippen molar-refractivity contribution >= 4 is 8.25 Å². The van der Waals surface area contributed by atoms with Crippen molar-refractivity contribution < 1.29 is 14.0 Å². The maximum absolute atomic E-state index is 10.3. The Morgan fingerprint density at radius 3 is 2.45 bits per heavy atom. The van der Waals surface area contributed by atoms with Gasteiger partial charge in [-0.25, -0.2) is 0 Å². The molecule has 0 aromatic rings. The van der Waals surface area contributed by atoms with Gasteiger partial charge in [0.15, 0.2) is 0 Å². The normalized spacial score (nSPS) is 13.3. The van der Waals surface area contributed by atoms with Crippen molar-refractivity contribution in [2.24, 2.45) is 0 Å². The Balaban J connectivity index is 3.70. The summed E-state index contributed by atoms with van der Waals surface area (Å²) in [6.45, 7) is 5.73. The molecule has 0 amide bonds. The number of rotatable bonds is 5. The summed E-state index contributed by atoms with van der Waals surface area (Å²) in [5.41, 5.74) is -0.460. The summed E-state index contributed by atoms with van der Waals surface area (Å²) in [5, 5.41) is 0. The van der Waals surface area contributed by atoms with Crippen molar-refractivity contribution in [2.45, 2.75) is 45.6 Å². The molecule has 0 saturated carbocycles. The number of hydrogen-bond acceptors (Lipinski definition) is 2. The monoisotopic (exact) mass is 179 g/mol. The minimum Gasteiger partial charge on any atom is -0.133 e. The molecule has 0 aromatic carbocycles.